The van der Waals surface area contributed by atoms with Gasteiger partial charge in [0.15, 0.2) is 18.6 Å². The summed E-state index contributed by atoms with van der Waals surface area (Å²) < 4.78 is 32.5. The lowest BCUT2D eigenvalue weighted by Gasteiger charge is -2.23. The molecule has 6 heteroatoms. The van der Waals surface area contributed by atoms with Gasteiger partial charge in [-0.25, -0.2) is 0 Å². The monoisotopic (exact) mass is 476 g/mol. The topological polar surface area (TPSA) is 44.8 Å². The minimum Gasteiger partial charge on any atom is -0.453 e. The van der Waals surface area contributed by atoms with Gasteiger partial charge in [0.2, 0.25) is 12.5 Å². The molecule has 0 amide bonds. The standard InChI is InChI=1S/C27H22ClO4P/c1-18-8-12-21(13-9-18)33(29,22-14-10-19(2)11-15-22)24-16-23(32-20-6-4-3-5-7-20)26-27(25(24)28)31-17-30-26/h3-16H,17H2,1-2H3. The molecular formula is C27H22ClO4P. The van der Waals surface area contributed by atoms with Crippen LogP contribution in [0.1, 0.15) is 11.1 Å². The minimum absolute atomic E-state index is 0.0169. The van der Waals surface area contributed by atoms with Gasteiger partial charge in [0.05, 0.1) is 5.02 Å². The van der Waals surface area contributed by atoms with E-state index in [0.29, 0.717) is 38.9 Å². The second-order valence-electron chi connectivity index (χ2n) is 7.97. The number of ether oxygens (including phenoxy) is 3. The molecule has 4 nitrogen and oxygen atoms in total. The van der Waals surface area contributed by atoms with E-state index in [1.807, 2.05) is 92.7 Å². The van der Waals surface area contributed by atoms with E-state index in [0.717, 1.165) is 11.1 Å². The highest BCUT2D eigenvalue weighted by molar-refractivity contribution is 7.85. The van der Waals surface area contributed by atoms with E-state index in [4.69, 9.17) is 25.8 Å². The molecule has 5 rings (SSSR count). The second kappa shape index (κ2) is 8.62. The van der Waals surface area contributed by atoms with Crippen molar-refractivity contribution in [2.45, 2.75) is 13.8 Å². The second-order valence-corrected chi connectivity index (χ2v) is 11.1. The molecule has 0 unspecified atom stereocenters. The van der Waals surface area contributed by atoms with E-state index in [1.54, 1.807) is 6.07 Å². The maximum absolute atomic E-state index is 15.0. The summed E-state index contributed by atoms with van der Waals surface area (Å²) in [6.07, 6.45) is 0. The molecule has 0 saturated carbocycles. The first-order valence-corrected chi connectivity index (χ1v) is 12.7. The van der Waals surface area contributed by atoms with Gasteiger partial charge in [-0.3, -0.25) is 0 Å². The Morgan fingerprint density at radius 2 is 1.33 bits per heavy atom. The molecule has 0 aromatic heterocycles. The van der Waals surface area contributed by atoms with Crippen LogP contribution in [0.25, 0.3) is 0 Å². The first kappa shape index (κ1) is 21.6. The summed E-state index contributed by atoms with van der Waals surface area (Å²) in [5.74, 6) is 1.79. The normalized spacial score (nSPS) is 12.6. The minimum atomic E-state index is -3.37. The number of hydrogen-bond donors (Lipinski definition) is 0. The molecule has 166 valence electrons. The first-order chi connectivity index (χ1) is 16.0. The molecule has 4 aromatic carbocycles. The molecule has 0 radical (unpaired) electrons. The van der Waals surface area contributed by atoms with E-state index in [-0.39, 0.29) is 11.8 Å². The number of aryl methyl sites for hydroxylation is 2. The molecule has 0 N–H and O–H groups in total. The average molecular weight is 477 g/mol. The van der Waals surface area contributed by atoms with Crippen molar-refractivity contribution < 1.29 is 18.8 Å². The molecule has 0 spiro atoms. The van der Waals surface area contributed by atoms with Crippen molar-refractivity contribution >= 4 is 34.7 Å². The van der Waals surface area contributed by atoms with E-state index in [1.165, 1.54) is 0 Å². The summed E-state index contributed by atoms with van der Waals surface area (Å²) in [5, 5.41) is 2.09. The molecular weight excluding hydrogens is 455 g/mol. The van der Waals surface area contributed by atoms with Crippen molar-refractivity contribution in [3.05, 3.63) is 101 Å². The summed E-state index contributed by atoms with van der Waals surface area (Å²) in [6.45, 7) is 4.02. The number of halogens is 1. The van der Waals surface area contributed by atoms with Gasteiger partial charge in [-0.2, -0.15) is 0 Å². The zero-order valence-corrected chi connectivity index (χ0v) is 19.9. The Bertz CT molecular complexity index is 1300. The van der Waals surface area contributed by atoms with Crippen LogP contribution in [0.2, 0.25) is 5.02 Å². The summed E-state index contributed by atoms with van der Waals surface area (Å²) in [7, 11) is -3.37. The van der Waals surface area contributed by atoms with Crippen LogP contribution in [0, 0.1) is 13.8 Å². The zero-order chi connectivity index (χ0) is 23.0. The molecule has 4 aromatic rings. The fourth-order valence-corrected chi connectivity index (χ4v) is 7.07. The van der Waals surface area contributed by atoms with Crippen molar-refractivity contribution in [3.63, 3.8) is 0 Å². The van der Waals surface area contributed by atoms with Gasteiger partial charge in [0, 0.05) is 15.9 Å². The maximum atomic E-state index is 15.0. The maximum Gasteiger partial charge on any atom is 0.231 e. The Hall–Kier alpha value is -3.20. The third-order valence-corrected chi connectivity index (χ3v) is 9.22. The molecule has 0 saturated heterocycles. The van der Waals surface area contributed by atoms with E-state index < -0.39 is 7.14 Å². The van der Waals surface area contributed by atoms with Gasteiger partial charge in [-0.05, 0) is 32.0 Å². The Morgan fingerprint density at radius 1 is 0.788 bits per heavy atom. The highest BCUT2D eigenvalue weighted by Crippen LogP contribution is 2.53. The van der Waals surface area contributed by atoms with Gasteiger partial charge < -0.3 is 18.8 Å². The van der Waals surface area contributed by atoms with Gasteiger partial charge >= 0.3 is 0 Å². The van der Waals surface area contributed by atoms with Crippen molar-refractivity contribution in [2.24, 2.45) is 0 Å². The highest BCUT2D eigenvalue weighted by atomic mass is 35.5. The predicted octanol–water partition coefficient (Wildman–Crippen LogP) is 6.12. The third kappa shape index (κ3) is 3.90. The Morgan fingerprint density at radius 3 is 1.91 bits per heavy atom. The largest absolute Gasteiger partial charge is 0.453 e. The number of fused-ring (bicyclic) bond motifs is 1. The van der Waals surface area contributed by atoms with Crippen LogP contribution in [-0.4, -0.2) is 6.79 Å². The summed E-state index contributed by atoms with van der Waals surface area (Å²) in [6, 6.07) is 26.5. The van der Waals surface area contributed by atoms with Crippen molar-refractivity contribution in [1.29, 1.82) is 0 Å². The van der Waals surface area contributed by atoms with Crippen LogP contribution in [0.15, 0.2) is 84.9 Å². The zero-order valence-electron chi connectivity index (χ0n) is 18.2. The quantitative estimate of drug-likeness (QED) is 0.326. The van der Waals surface area contributed by atoms with Gasteiger partial charge in [-0.15, -0.1) is 0 Å². The molecule has 1 heterocycles. The predicted molar refractivity (Wildman–Crippen MR) is 133 cm³/mol. The van der Waals surface area contributed by atoms with Gasteiger partial charge in [-0.1, -0.05) is 89.5 Å². The molecule has 0 bridgehead atoms. The summed E-state index contributed by atoms with van der Waals surface area (Å²) in [5.41, 5.74) is 2.16. The Labute approximate surface area is 198 Å². The van der Waals surface area contributed by atoms with Gasteiger partial charge in [0.25, 0.3) is 0 Å². The third-order valence-electron chi connectivity index (χ3n) is 5.63. The SMILES string of the molecule is Cc1ccc(P(=O)(c2ccc(C)cc2)c2cc(Oc3ccccc3)c3c(c2Cl)OCO3)cc1. The van der Waals surface area contributed by atoms with Crippen molar-refractivity contribution in [1.82, 2.24) is 0 Å². The van der Waals surface area contributed by atoms with Crippen LogP contribution < -0.4 is 30.1 Å². The highest BCUT2D eigenvalue weighted by Gasteiger charge is 2.37. The summed E-state index contributed by atoms with van der Waals surface area (Å²) in [4.78, 5) is 0. The van der Waals surface area contributed by atoms with Crippen molar-refractivity contribution in [3.8, 4) is 23.0 Å². The smallest absolute Gasteiger partial charge is 0.231 e. The lowest BCUT2D eigenvalue weighted by atomic mass is 10.2. The molecule has 33 heavy (non-hydrogen) atoms. The van der Waals surface area contributed by atoms with Gasteiger partial charge in [0.1, 0.15) is 5.75 Å². The van der Waals surface area contributed by atoms with Crippen LogP contribution in [0.4, 0.5) is 0 Å². The first-order valence-electron chi connectivity index (χ1n) is 10.6. The lowest BCUT2D eigenvalue weighted by Crippen LogP contribution is -2.26. The number of benzene rings is 4. The Balaban J connectivity index is 1.76. The molecule has 0 fully saturated rings. The van der Waals surface area contributed by atoms with Crippen LogP contribution >= 0.6 is 18.7 Å². The van der Waals surface area contributed by atoms with E-state index >= 15 is 4.57 Å². The van der Waals surface area contributed by atoms with Crippen LogP contribution in [0.5, 0.6) is 23.0 Å². The van der Waals surface area contributed by atoms with E-state index in [9.17, 15) is 0 Å². The number of rotatable bonds is 5. The molecule has 1 aliphatic rings. The van der Waals surface area contributed by atoms with Crippen molar-refractivity contribution in [2.75, 3.05) is 6.79 Å². The number of hydrogen-bond acceptors (Lipinski definition) is 4. The Kier molecular flexibility index (Phi) is 5.65. The molecule has 1 aliphatic heterocycles. The number of para-hydroxylation sites is 1. The van der Waals surface area contributed by atoms with E-state index in [2.05, 4.69) is 0 Å². The molecule has 0 aliphatic carbocycles. The average Bonchev–Trinajstić information content (AvgIpc) is 3.33. The molecule has 0 atom stereocenters. The fraction of sp³-hybridized carbons (Fsp3) is 0.111. The fourth-order valence-electron chi connectivity index (χ4n) is 3.85. The van der Waals surface area contributed by atoms with Crippen LogP contribution in [-0.2, 0) is 4.57 Å². The lowest BCUT2D eigenvalue weighted by molar-refractivity contribution is 0.172. The summed E-state index contributed by atoms with van der Waals surface area (Å²) >= 11 is 6.84. The van der Waals surface area contributed by atoms with Crippen LogP contribution in [0.3, 0.4) is 0 Å².